The predicted octanol–water partition coefficient (Wildman–Crippen LogP) is 4.47. The second-order valence-corrected chi connectivity index (χ2v) is 7.05. The molecule has 0 aliphatic rings. The van der Waals surface area contributed by atoms with Crippen molar-refractivity contribution in [3.05, 3.63) is 83.6 Å². The largest absolute Gasteiger partial charge is 0.496 e. The van der Waals surface area contributed by atoms with Crippen LogP contribution in [0.2, 0.25) is 0 Å². The molecule has 4 rings (SSSR count). The first-order valence-electron chi connectivity index (χ1n) is 9.73. The summed E-state index contributed by atoms with van der Waals surface area (Å²) in [5.41, 5.74) is 10.4. The van der Waals surface area contributed by atoms with E-state index in [9.17, 15) is 4.79 Å². The van der Waals surface area contributed by atoms with E-state index in [1.54, 1.807) is 13.2 Å². The molecule has 0 atom stereocenters. The van der Waals surface area contributed by atoms with Gasteiger partial charge in [-0.2, -0.15) is 0 Å². The van der Waals surface area contributed by atoms with E-state index >= 15 is 0 Å². The number of amides is 1. The summed E-state index contributed by atoms with van der Waals surface area (Å²) in [6.45, 7) is 2.53. The van der Waals surface area contributed by atoms with Gasteiger partial charge in [0, 0.05) is 23.9 Å². The topological polar surface area (TPSA) is 83.3 Å². The Morgan fingerprint density at radius 1 is 1.10 bits per heavy atom. The first kappa shape index (κ1) is 19.5. The molecule has 0 radical (unpaired) electrons. The van der Waals surface area contributed by atoms with Crippen molar-refractivity contribution in [2.45, 2.75) is 19.9 Å². The van der Waals surface area contributed by atoms with Crippen LogP contribution in [0.3, 0.4) is 0 Å². The number of hydrogen-bond donors (Lipinski definition) is 1. The molecule has 6 nitrogen and oxygen atoms in total. The molecule has 2 aromatic heterocycles. The average Bonchev–Trinajstić information content (AvgIpc) is 3.38. The van der Waals surface area contributed by atoms with Gasteiger partial charge in [-0.15, -0.1) is 0 Å². The fourth-order valence-corrected chi connectivity index (χ4v) is 3.67. The van der Waals surface area contributed by atoms with E-state index in [-0.39, 0.29) is 0 Å². The molecule has 0 unspecified atom stereocenters. The number of carbonyl (C=O) groups excluding carboxylic acids is 1. The van der Waals surface area contributed by atoms with Gasteiger partial charge in [-0.25, -0.2) is 0 Å². The van der Waals surface area contributed by atoms with Gasteiger partial charge in [0.25, 0.3) is 5.91 Å². The predicted molar refractivity (Wildman–Crippen MR) is 115 cm³/mol. The van der Waals surface area contributed by atoms with Crippen molar-refractivity contribution in [3.8, 4) is 28.5 Å². The number of aryl methyl sites for hydroxylation is 1. The van der Waals surface area contributed by atoms with Crippen LogP contribution in [0.15, 0.2) is 71.3 Å². The van der Waals surface area contributed by atoms with Gasteiger partial charge in [0.15, 0.2) is 5.76 Å². The number of primary amides is 1. The molecule has 0 bridgehead atoms. The first-order valence-corrected chi connectivity index (χ1v) is 9.73. The number of nitrogens with two attached hydrogens (primary N) is 1. The van der Waals surface area contributed by atoms with E-state index in [1.807, 2.05) is 67.6 Å². The van der Waals surface area contributed by atoms with E-state index in [4.69, 9.17) is 15.0 Å². The Labute approximate surface area is 174 Å². The van der Waals surface area contributed by atoms with Crippen LogP contribution in [0.4, 0.5) is 0 Å². The lowest BCUT2D eigenvalue weighted by Gasteiger charge is -2.12. The molecule has 4 aromatic rings. The van der Waals surface area contributed by atoms with E-state index in [2.05, 4.69) is 9.72 Å². The molecular formula is C24H23N3O3. The second kappa shape index (κ2) is 8.29. The summed E-state index contributed by atoms with van der Waals surface area (Å²) >= 11 is 0. The third-order valence-electron chi connectivity index (χ3n) is 5.26. The van der Waals surface area contributed by atoms with Crippen LogP contribution in [0.5, 0.6) is 5.75 Å². The Balaban J connectivity index is 1.71. The summed E-state index contributed by atoms with van der Waals surface area (Å²) in [5, 5.41) is 4.25. The smallest absolute Gasteiger partial charge is 0.250 e. The quantitative estimate of drug-likeness (QED) is 0.495. The van der Waals surface area contributed by atoms with Gasteiger partial charge < -0.3 is 19.6 Å². The van der Waals surface area contributed by atoms with Crippen molar-refractivity contribution in [2.24, 2.45) is 5.73 Å². The molecule has 2 aromatic carbocycles. The van der Waals surface area contributed by atoms with Crippen LogP contribution in [-0.2, 0) is 13.0 Å². The fourth-order valence-electron chi connectivity index (χ4n) is 3.67. The standard InChI is InChI=1S/C24H23N3O3/c1-16-19(24(25)28)14-21(20-15-23(30-26-20)17-8-4-3-5-9-17)27(16)13-12-18-10-6-7-11-22(18)29-2/h3-11,14-15H,12-13H2,1-2H3,(H2,25,28). The lowest BCUT2D eigenvalue weighted by atomic mass is 10.1. The summed E-state index contributed by atoms with van der Waals surface area (Å²) in [6, 6.07) is 21.3. The highest BCUT2D eigenvalue weighted by Gasteiger charge is 2.20. The van der Waals surface area contributed by atoms with Gasteiger partial charge in [0.05, 0.1) is 18.4 Å². The Bertz CT molecular complexity index is 1180. The molecule has 0 spiro atoms. The number of methoxy groups -OCH3 is 1. The zero-order valence-electron chi connectivity index (χ0n) is 17.0. The zero-order valence-corrected chi connectivity index (χ0v) is 17.0. The molecule has 2 N–H and O–H groups in total. The van der Waals surface area contributed by atoms with Crippen molar-refractivity contribution in [1.29, 1.82) is 0 Å². The highest BCUT2D eigenvalue weighted by molar-refractivity contribution is 5.95. The summed E-state index contributed by atoms with van der Waals surface area (Å²) in [7, 11) is 1.66. The molecule has 0 fully saturated rings. The monoisotopic (exact) mass is 401 g/mol. The summed E-state index contributed by atoms with van der Waals surface area (Å²) < 4.78 is 13.1. The van der Waals surface area contributed by atoms with Gasteiger partial charge in [0.2, 0.25) is 0 Å². The molecule has 152 valence electrons. The summed E-state index contributed by atoms with van der Waals surface area (Å²) in [4.78, 5) is 12.0. The normalized spacial score (nSPS) is 10.9. The van der Waals surface area contributed by atoms with E-state index in [0.717, 1.165) is 34.7 Å². The van der Waals surface area contributed by atoms with Gasteiger partial charge in [-0.3, -0.25) is 4.79 Å². The zero-order chi connectivity index (χ0) is 21.1. The van der Waals surface area contributed by atoms with Gasteiger partial charge in [-0.05, 0) is 31.0 Å². The molecule has 1 amide bonds. The van der Waals surface area contributed by atoms with Gasteiger partial charge in [-0.1, -0.05) is 53.7 Å². The lowest BCUT2D eigenvalue weighted by molar-refractivity contribution is 0.0999. The molecule has 0 aliphatic heterocycles. The second-order valence-electron chi connectivity index (χ2n) is 7.05. The Morgan fingerprint density at radius 2 is 1.83 bits per heavy atom. The number of aromatic nitrogens is 2. The van der Waals surface area contributed by atoms with E-state index < -0.39 is 5.91 Å². The number of rotatable bonds is 7. The van der Waals surface area contributed by atoms with Crippen LogP contribution in [0, 0.1) is 6.92 Å². The van der Waals surface area contributed by atoms with E-state index in [0.29, 0.717) is 23.6 Å². The molecule has 2 heterocycles. The van der Waals surface area contributed by atoms with Crippen LogP contribution >= 0.6 is 0 Å². The minimum absolute atomic E-state index is 0.462. The molecule has 0 saturated heterocycles. The van der Waals surface area contributed by atoms with Crippen molar-refractivity contribution < 1.29 is 14.1 Å². The number of benzene rings is 2. The number of para-hydroxylation sites is 1. The number of ether oxygens (including phenoxy) is 1. The molecule has 30 heavy (non-hydrogen) atoms. The Morgan fingerprint density at radius 3 is 2.57 bits per heavy atom. The Hall–Kier alpha value is -3.80. The van der Waals surface area contributed by atoms with Crippen LogP contribution in [0.1, 0.15) is 21.6 Å². The van der Waals surface area contributed by atoms with Crippen molar-refractivity contribution >= 4 is 5.91 Å². The summed E-state index contributed by atoms with van der Waals surface area (Å²) in [6.07, 6.45) is 0.730. The highest BCUT2D eigenvalue weighted by atomic mass is 16.5. The molecular weight excluding hydrogens is 378 g/mol. The molecule has 0 saturated carbocycles. The van der Waals surface area contributed by atoms with Gasteiger partial charge >= 0.3 is 0 Å². The Kier molecular flexibility index (Phi) is 5.39. The van der Waals surface area contributed by atoms with Crippen molar-refractivity contribution in [2.75, 3.05) is 7.11 Å². The maximum absolute atomic E-state index is 12.0. The molecule has 0 aliphatic carbocycles. The number of carbonyl (C=O) groups is 1. The van der Waals surface area contributed by atoms with E-state index in [1.165, 1.54) is 0 Å². The lowest BCUT2D eigenvalue weighted by Crippen LogP contribution is -2.13. The maximum atomic E-state index is 12.0. The third-order valence-corrected chi connectivity index (χ3v) is 5.26. The third kappa shape index (κ3) is 3.72. The number of hydrogen-bond acceptors (Lipinski definition) is 4. The average molecular weight is 401 g/mol. The number of nitrogens with zero attached hydrogens (tertiary/aromatic N) is 2. The van der Waals surface area contributed by atoms with Crippen molar-refractivity contribution in [1.82, 2.24) is 9.72 Å². The molecule has 6 heteroatoms. The van der Waals surface area contributed by atoms with Crippen LogP contribution in [-0.4, -0.2) is 22.7 Å². The summed E-state index contributed by atoms with van der Waals surface area (Å²) in [5.74, 6) is 1.05. The van der Waals surface area contributed by atoms with Crippen LogP contribution in [0.25, 0.3) is 22.7 Å². The fraction of sp³-hybridized carbons (Fsp3) is 0.167. The highest BCUT2D eigenvalue weighted by Crippen LogP contribution is 2.30. The first-order chi connectivity index (χ1) is 14.6. The van der Waals surface area contributed by atoms with Crippen molar-refractivity contribution in [3.63, 3.8) is 0 Å². The SMILES string of the molecule is COc1ccccc1CCn1c(-c2cc(-c3ccccc3)on2)cc(C(N)=O)c1C. The minimum Gasteiger partial charge on any atom is -0.496 e. The maximum Gasteiger partial charge on any atom is 0.250 e. The van der Waals surface area contributed by atoms with Crippen LogP contribution < -0.4 is 10.5 Å². The van der Waals surface area contributed by atoms with Gasteiger partial charge in [0.1, 0.15) is 11.4 Å². The minimum atomic E-state index is -0.462.